The molecule has 0 aliphatic rings. The molecule has 0 unspecified atom stereocenters. The first-order chi connectivity index (χ1) is 8.47. The van der Waals surface area contributed by atoms with Gasteiger partial charge in [-0.25, -0.2) is 10.5 Å². The second-order valence-electron chi connectivity index (χ2n) is 3.62. The van der Waals surface area contributed by atoms with Crippen LogP contribution in [0.25, 0.3) is 0 Å². The van der Waals surface area contributed by atoms with Crippen LogP contribution in [0.2, 0.25) is 0 Å². The lowest BCUT2D eigenvalue weighted by Gasteiger charge is -2.15. The van der Waals surface area contributed by atoms with E-state index in [1.165, 1.54) is 0 Å². The maximum absolute atomic E-state index is 7.37. The van der Waals surface area contributed by atoms with Crippen molar-refractivity contribution in [2.45, 2.75) is 20.8 Å². The molecule has 12 nitrogen and oxygen atoms in total. The zero-order valence-corrected chi connectivity index (χ0v) is 10.2. The van der Waals surface area contributed by atoms with Gasteiger partial charge in [-0.1, -0.05) is 20.8 Å². The Balaban J connectivity index is 0. The molecule has 18 heavy (non-hydrogen) atoms. The number of methoxy groups -OCH3 is 1. The molecular formula is C6H16O12. The Morgan fingerprint density at radius 3 is 1.22 bits per heavy atom. The molecule has 0 aromatic heterocycles. The predicted molar refractivity (Wildman–Crippen MR) is 46.4 cm³/mol. The molecule has 0 heterocycles. The van der Waals surface area contributed by atoms with E-state index in [0.717, 1.165) is 6.61 Å². The smallest absolute Gasteiger partial charge is 0.0510 e. The van der Waals surface area contributed by atoms with Gasteiger partial charge in [0.2, 0.25) is 0 Å². The zero-order valence-electron chi connectivity index (χ0n) is 10.2. The summed E-state index contributed by atoms with van der Waals surface area (Å²) in [4.78, 5) is 0. The quantitative estimate of drug-likeness (QED) is 0.355. The van der Waals surface area contributed by atoms with Crippen LogP contribution < -0.4 is 0 Å². The second-order valence-corrected chi connectivity index (χ2v) is 3.62. The van der Waals surface area contributed by atoms with Gasteiger partial charge in [0.1, 0.15) is 0 Å². The minimum absolute atomic E-state index is 0.328. The molecule has 0 fully saturated rings. The number of ether oxygens (including phenoxy) is 1. The fourth-order valence-electron chi connectivity index (χ4n) is 0.515. The van der Waals surface area contributed by atoms with Gasteiger partial charge in [-0.15, -0.1) is 0 Å². The molecule has 0 bridgehead atoms. The summed E-state index contributed by atoms with van der Waals surface area (Å²) in [5.74, 6) is 0. The topological polar surface area (TPSA) is 133 Å². The van der Waals surface area contributed by atoms with Crippen LogP contribution in [0.4, 0.5) is 0 Å². The molecule has 0 aromatic carbocycles. The van der Waals surface area contributed by atoms with Crippen LogP contribution in [0.5, 0.6) is 0 Å². The molecule has 0 atom stereocenters. The van der Waals surface area contributed by atoms with Gasteiger partial charge < -0.3 is 4.74 Å². The van der Waals surface area contributed by atoms with Crippen molar-refractivity contribution in [3.05, 3.63) is 0 Å². The zero-order chi connectivity index (χ0) is 14.3. The standard InChI is InChI=1S/C6H14O.H2O11/c1-6(2,3)5-7-4;1-3-5-7-9-11-10-8-6-4-2/h5H2,1-4H3;1-2H. The van der Waals surface area contributed by atoms with Crippen molar-refractivity contribution in [1.29, 1.82) is 0 Å². The molecule has 2 N–H and O–H groups in total. The number of hydrogen-bond donors (Lipinski definition) is 2. The van der Waals surface area contributed by atoms with Gasteiger partial charge in [0.25, 0.3) is 0 Å². The van der Waals surface area contributed by atoms with Gasteiger partial charge in [0.15, 0.2) is 0 Å². The third-order valence-electron chi connectivity index (χ3n) is 0.805. The summed E-state index contributed by atoms with van der Waals surface area (Å²) in [6, 6.07) is 0. The molecule has 0 aliphatic carbocycles. The van der Waals surface area contributed by atoms with Gasteiger partial charge in [-0.2, -0.15) is 0 Å². The summed E-state index contributed by atoms with van der Waals surface area (Å²) in [6.07, 6.45) is 0. The van der Waals surface area contributed by atoms with E-state index in [2.05, 4.69) is 66.1 Å². The van der Waals surface area contributed by atoms with Crippen molar-refractivity contribution in [3.63, 3.8) is 0 Å². The Morgan fingerprint density at radius 1 is 0.722 bits per heavy atom. The molecule has 0 radical (unpaired) electrons. The summed E-state index contributed by atoms with van der Waals surface area (Å²) >= 11 is 0. The summed E-state index contributed by atoms with van der Waals surface area (Å²) in [6.45, 7) is 7.29. The maximum atomic E-state index is 7.37. The third-order valence-corrected chi connectivity index (χ3v) is 0.805. The molecular weight excluding hydrogens is 264 g/mol. The normalized spacial score (nSPS) is 11.0. The monoisotopic (exact) mass is 280 g/mol. The first-order valence-electron chi connectivity index (χ1n) is 4.25. The fraction of sp³-hybridized carbons (Fsp3) is 1.00. The van der Waals surface area contributed by atoms with E-state index in [1.54, 1.807) is 7.11 Å². The first kappa shape index (κ1) is 19.9. The van der Waals surface area contributed by atoms with Crippen LogP contribution in [0.1, 0.15) is 20.8 Å². The Morgan fingerprint density at radius 2 is 1.06 bits per heavy atom. The van der Waals surface area contributed by atoms with Gasteiger partial charge in [-0.3, -0.25) is 0 Å². The number of hydrogen-bond acceptors (Lipinski definition) is 12. The van der Waals surface area contributed by atoms with Crippen LogP contribution in [0.15, 0.2) is 0 Å². The summed E-state index contributed by atoms with van der Waals surface area (Å²) in [7, 11) is 1.73. The van der Waals surface area contributed by atoms with E-state index >= 15 is 0 Å². The molecule has 112 valence electrons. The lowest BCUT2D eigenvalue weighted by molar-refractivity contribution is -0.853. The highest BCUT2D eigenvalue weighted by Gasteiger charge is 2.07. The van der Waals surface area contributed by atoms with E-state index in [9.17, 15) is 0 Å². The molecule has 0 amide bonds. The Hall–Kier alpha value is -0.480. The van der Waals surface area contributed by atoms with E-state index in [1.807, 2.05) is 0 Å². The van der Waals surface area contributed by atoms with Crippen molar-refractivity contribution < 1.29 is 60.6 Å². The van der Waals surface area contributed by atoms with Crippen molar-refractivity contribution in [2.75, 3.05) is 13.7 Å². The Bertz CT molecular complexity index is 138. The fourth-order valence-corrected chi connectivity index (χ4v) is 0.515. The highest BCUT2D eigenvalue weighted by molar-refractivity contribution is 4.57. The number of rotatable bonds is 9. The van der Waals surface area contributed by atoms with Crippen LogP contribution in [-0.4, -0.2) is 24.2 Å². The van der Waals surface area contributed by atoms with E-state index in [0.29, 0.717) is 5.41 Å². The van der Waals surface area contributed by atoms with Crippen LogP contribution in [-0.2, 0) is 50.1 Å². The molecule has 0 aromatic rings. The average molecular weight is 280 g/mol. The molecule has 0 spiro atoms. The molecule has 0 aliphatic heterocycles. The van der Waals surface area contributed by atoms with E-state index in [4.69, 9.17) is 15.3 Å². The lowest BCUT2D eigenvalue weighted by atomic mass is 9.99. The highest BCUT2D eigenvalue weighted by atomic mass is 17.9. The van der Waals surface area contributed by atoms with Gasteiger partial charge in [-0.05, 0) is 50.8 Å². The van der Waals surface area contributed by atoms with Gasteiger partial charge in [0, 0.05) is 7.11 Å². The van der Waals surface area contributed by atoms with E-state index < -0.39 is 0 Å². The second kappa shape index (κ2) is 14.6. The summed E-state index contributed by atoms with van der Waals surface area (Å²) < 4.78 is 4.91. The third kappa shape index (κ3) is 24.7. The van der Waals surface area contributed by atoms with Gasteiger partial charge in [0.05, 0.1) is 6.61 Å². The molecule has 0 rings (SSSR count). The van der Waals surface area contributed by atoms with E-state index in [-0.39, 0.29) is 0 Å². The van der Waals surface area contributed by atoms with Crippen molar-refractivity contribution in [2.24, 2.45) is 5.41 Å². The van der Waals surface area contributed by atoms with Gasteiger partial charge >= 0.3 is 0 Å². The summed E-state index contributed by atoms with van der Waals surface area (Å²) in [5, 5.41) is 43.5. The summed E-state index contributed by atoms with van der Waals surface area (Å²) in [5.41, 5.74) is 0.328. The SMILES string of the molecule is COCC(C)(C)C.OOOOOOOOOOO. The first-order valence-corrected chi connectivity index (χ1v) is 4.25. The van der Waals surface area contributed by atoms with Crippen LogP contribution >= 0.6 is 0 Å². The van der Waals surface area contributed by atoms with Crippen molar-refractivity contribution in [3.8, 4) is 0 Å². The average Bonchev–Trinajstić information content (AvgIpc) is 2.27. The Labute approximate surface area is 102 Å². The molecule has 0 saturated carbocycles. The van der Waals surface area contributed by atoms with Crippen molar-refractivity contribution in [1.82, 2.24) is 0 Å². The largest absolute Gasteiger partial charge is 0.384 e. The highest BCUT2D eigenvalue weighted by Crippen LogP contribution is 2.11. The molecule has 12 heteroatoms. The van der Waals surface area contributed by atoms with Crippen molar-refractivity contribution >= 4 is 0 Å². The Kier molecular flexibility index (Phi) is 16.1. The maximum Gasteiger partial charge on any atom is 0.0510 e. The minimum atomic E-state index is 0.328. The lowest BCUT2D eigenvalue weighted by Crippen LogP contribution is -2.12. The van der Waals surface area contributed by atoms with Crippen LogP contribution in [0.3, 0.4) is 0 Å². The minimum Gasteiger partial charge on any atom is -0.384 e. The van der Waals surface area contributed by atoms with Crippen LogP contribution in [0, 0.1) is 5.41 Å². The predicted octanol–water partition coefficient (Wildman–Crippen LogP) is 1.08. The molecule has 0 saturated heterocycles.